The highest BCUT2D eigenvalue weighted by atomic mass is 32.2. The molecule has 1 saturated heterocycles. The van der Waals surface area contributed by atoms with E-state index < -0.39 is 0 Å². The predicted octanol–water partition coefficient (Wildman–Crippen LogP) is 5.85. The maximum atomic E-state index is 4.79. The van der Waals surface area contributed by atoms with Gasteiger partial charge in [0.05, 0.1) is 5.69 Å². The molecule has 36 heavy (non-hydrogen) atoms. The number of likely N-dealkylation sites (tertiary alicyclic amines) is 1. The maximum absolute atomic E-state index is 4.79. The van der Waals surface area contributed by atoms with Gasteiger partial charge in [-0.05, 0) is 44.4 Å². The second-order valence-electron chi connectivity index (χ2n) is 9.47. The van der Waals surface area contributed by atoms with Crippen molar-refractivity contribution in [3.8, 4) is 0 Å². The Bertz CT molecular complexity index is 1160. The van der Waals surface area contributed by atoms with E-state index in [9.17, 15) is 0 Å². The van der Waals surface area contributed by atoms with Gasteiger partial charge in [0, 0.05) is 72.9 Å². The SMILES string of the molecule is C=C(/C=C\C(=C)Nc1ncc2c(n1)CN([C@@H]1CCN(C(=C)c3ccnc(NSC)c3)[C@H](C)C1)C2)CC. The van der Waals surface area contributed by atoms with E-state index in [2.05, 4.69) is 69.5 Å². The fourth-order valence-corrected chi connectivity index (χ4v) is 5.16. The van der Waals surface area contributed by atoms with Crippen LogP contribution in [-0.2, 0) is 13.1 Å². The van der Waals surface area contributed by atoms with Gasteiger partial charge in [0.2, 0.25) is 5.95 Å². The number of nitrogens with zero attached hydrogens (tertiary/aromatic N) is 5. The molecule has 2 aromatic heterocycles. The van der Waals surface area contributed by atoms with Crippen LogP contribution in [0.2, 0.25) is 0 Å². The predicted molar refractivity (Wildman–Crippen MR) is 152 cm³/mol. The molecule has 0 bridgehead atoms. The Kier molecular flexibility index (Phi) is 8.48. The second kappa shape index (κ2) is 11.8. The van der Waals surface area contributed by atoms with Crippen molar-refractivity contribution in [1.29, 1.82) is 0 Å². The summed E-state index contributed by atoms with van der Waals surface area (Å²) in [4.78, 5) is 18.7. The molecule has 2 atom stereocenters. The highest BCUT2D eigenvalue weighted by Crippen LogP contribution is 2.33. The first-order valence-electron chi connectivity index (χ1n) is 12.5. The molecule has 2 N–H and O–H groups in total. The van der Waals surface area contributed by atoms with Crippen LogP contribution in [0.5, 0.6) is 0 Å². The fraction of sp³-hybridized carbons (Fsp3) is 0.393. The first-order valence-corrected chi connectivity index (χ1v) is 13.7. The third kappa shape index (κ3) is 6.17. The van der Waals surface area contributed by atoms with Crippen LogP contribution in [0.1, 0.15) is 49.9 Å². The van der Waals surface area contributed by atoms with Crippen LogP contribution in [-0.4, -0.2) is 49.6 Å². The molecule has 0 radical (unpaired) electrons. The van der Waals surface area contributed by atoms with E-state index in [1.807, 2.05) is 36.9 Å². The zero-order valence-electron chi connectivity index (χ0n) is 21.6. The van der Waals surface area contributed by atoms with Crippen LogP contribution >= 0.6 is 11.9 Å². The van der Waals surface area contributed by atoms with E-state index in [0.717, 1.165) is 72.9 Å². The normalized spacial score (nSPS) is 19.8. The summed E-state index contributed by atoms with van der Waals surface area (Å²) in [5.74, 6) is 1.46. The summed E-state index contributed by atoms with van der Waals surface area (Å²) in [6.07, 6.45) is 12.8. The summed E-state index contributed by atoms with van der Waals surface area (Å²) in [5.41, 5.74) is 6.32. The third-order valence-corrected chi connectivity index (χ3v) is 7.35. The van der Waals surface area contributed by atoms with Gasteiger partial charge in [-0.1, -0.05) is 50.3 Å². The number of hydrogen-bond donors (Lipinski definition) is 2. The number of allylic oxidation sites excluding steroid dienone is 3. The summed E-state index contributed by atoms with van der Waals surface area (Å²) in [6, 6.07) is 5.03. The Hall–Kier alpha value is -3.10. The Morgan fingerprint density at radius 3 is 2.81 bits per heavy atom. The monoisotopic (exact) mass is 503 g/mol. The van der Waals surface area contributed by atoms with Crippen molar-refractivity contribution < 1.29 is 0 Å². The van der Waals surface area contributed by atoms with Gasteiger partial charge in [0.15, 0.2) is 0 Å². The van der Waals surface area contributed by atoms with E-state index in [1.54, 1.807) is 11.9 Å². The molecule has 0 aromatic carbocycles. The van der Waals surface area contributed by atoms with Gasteiger partial charge in [0.1, 0.15) is 5.82 Å². The number of piperidine rings is 1. The van der Waals surface area contributed by atoms with Gasteiger partial charge in [-0.3, -0.25) is 4.90 Å². The molecule has 2 aliphatic rings. The minimum atomic E-state index is 0.404. The van der Waals surface area contributed by atoms with Crippen LogP contribution in [0.25, 0.3) is 5.70 Å². The minimum absolute atomic E-state index is 0.404. The van der Waals surface area contributed by atoms with Crippen LogP contribution in [0.15, 0.2) is 67.7 Å². The third-order valence-electron chi connectivity index (χ3n) is 6.94. The lowest BCUT2D eigenvalue weighted by Gasteiger charge is -2.43. The van der Waals surface area contributed by atoms with Crippen molar-refractivity contribution >= 4 is 29.4 Å². The van der Waals surface area contributed by atoms with Crippen molar-refractivity contribution in [1.82, 2.24) is 24.8 Å². The minimum Gasteiger partial charge on any atom is -0.369 e. The van der Waals surface area contributed by atoms with Crippen LogP contribution in [0.3, 0.4) is 0 Å². The quantitative estimate of drug-likeness (QED) is 0.309. The Balaban J connectivity index is 1.34. The van der Waals surface area contributed by atoms with Gasteiger partial charge >= 0.3 is 0 Å². The maximum Gasteiger partial charge on any atom is 0.227 e. The number of fused-ring (bicyclic) bond motifs is 1. The molecule has 1 fully saturated rings. The largest absolute Gasteiger partial charge is 0.369 e. The molecule has 0 aliphatic carbocycles. The van der Waals surface area contributed by atoms with Crippen molar-refractivity contribution in [3.05, 3.63) is 84.5 Å². The molecule has 0 amide bonds. The van der Waals surface area contributed by atoms with E-state index in [0.29, 0.717) is 18.0 Å². The molecular formula is C28H37N7S. The molecule has 4 heterocycles. The van der Waals surface area contributed by atoms with Gasteiger partial charge in [-0.2, -0.15) is 0 Å². The Morgan fingerprint density at radius 1 is 1.22 bits per heavy atom. The highest BCUT2D eigenvalue weighted by molar-refractivity contribution is 7.99. The summed E-state index contributed by atoms with van der Waals surface area (Å²) in [6.45, 7) is 19.6. The summed E-state index contributed by atoms with van der Waals surface area (Å²) < 4.78 is 3.21. The Morgan fingerprint density at radius 2 is 2.06 bits per heavy atom. The zero-order chi connectivity index (χ0) is 25.7. The molecule has 0 spiro atoms. The second-order valence-corrected chi connectivity index (χ2v) is 10.1. The van der Waals surface area contributed by atoms with Gasteiger partial charge < -0.3 is 14.9 Å². The van der Waals surface area contributed by atoms with Gasteiger partial charge in [0.25, 0.3) is 0 Å². The lowest BCUT2D eigenvalue weighted by Crippen LogP contribution is -2.46. The molecule has 2 aromatic rings. The number of hydrogen-bond acceptors (Lipinski definition) is 8. The van der Waals surface area contributed by atoms with Gasteiger partial charge in [-0.15, -0.1) is 0 Å². The number of nitrogens with one attached hydrogen (secondary N) is 2. The number of aromatic nitrogens is 3. The van der Waals surface area contributed by atoms with Crippen LogP contribution in [0.4, 0.5) is 11.8 Å². The molecule has 0 saturated carbocycles. The van der Waals surface area contributed by atoms with Crippen LogP contribution in [0, 0.1) is 0 Å². The first-order chi connectivity index (χ1) is 17.4. The zero-order valence-corrected chi connectivity index (χ0v) is 22.4. The topological polar surface area (TPSA) is 69.2 Å². The number of anilines is 2. The lowest BCUT2D eigenvalue weighted by molar-refractivity contribution is 0.102. The average molecular weight is 504 g/mol. The Labute approximate surface area is 219 Å². The van der Waals surface area contributed by atoms with Crippen molar-refractivity contribution in [2.24, 2.45) is 0 Å². The van der Waals surface area contributed by atoms with E-state index in [-0.39, 0.29) is 0 Å². The molecular weight excluding hydrogens is 466 g/mol. The highest BCUT2D eigenvalue weighted by Gasteiger charge is 2.33. The fourth-order valence-electron chi connectivity index (χ4n) is 4.83. The van der Waals surface area contributed by atoms with E-state index >= 15 is 0 Å². The smallest absolute Gasteiger partial charge is 0.227 e. The van der Waals surface area contributed by atoms with Crippen LogP contribution < -0.4 is 10.0 Å². The molecule has 4 rings (SSSR count). The first kappa shape index (κ1) is 26.0. The van der Waals surface area contributed by atoms with Crippen molar-refractivity contribution in [2.45, 2.75) is 58.3 Å². The van der Waals surface area contributed by atoms with Gasteiger partial charge in [-0.25, -0.2) is 15.0 Å². The van der Waals surface area contributed by atoms with E-state index in [4.69, 9.17) is 4.98 Å². The summed E-state index contributed by atoms with van der Waals surface area (Å²) in [5, 5.41) is 3.21. The molecule has 190 valence electrons. The van der Waals surface area contributed by atoms with Crippen molar-refractivity contribution in [3.63, 3.8) is 0 Å². The molecule has 8 heteroatoms. The van der Waals surface area contributed by atoms with Crippen molar-refractivity contribution in [2.75, 3.05) is 22.8 Å². The number of pyridine rings is 1. The number of rotatable bonds is 10. The standard InChI is InChI=1S/C28H37N7S/c1-7-19(2)8-9-20(3)31-28-30-16-24-17-34(18-26(24)32-28)25-11-13-35(21(4)14-25)22(5)23-10-12-29-27(15-23)33-36-6/h8-10,12,15-16,21,25H,2-3,5,7,11,13-14,17-18H2,1,4,6H3,(H,29,33)(H,30,31,32)/b9-8-/t21-,25-/m1/s1. The summed E-state index contributed by atoms with van der Waals surface area (Å²) in [7, 11) is 0. The molecule has 0 unspecified atom stereocenters. The average Bonchev–Trinajstić information content (AvgIpc) is 3.30. The van der Waals surface area contributed by atoms with E-state index in [1.165, 1.54) is 5.56 Å². The molecule has 2 aliphatic heterocycles. The molecule has 7 nitrogen and oxygen atoms in total. The lowest BCUT2D eigenvalue weighted by atomic mass is 9.95. The summed E-state index contributed by atoms with van der Waals surface area (Å²) >= 11 is 1.54.